The highest BCUT2D eigenvalue weighted by Crippen LogP contribution is 2.51. The molecule has 0 amide bonds. The van der Waals surface area contributed by atoms with E-state index in [2.05, 4.69) is 6.92 Å². The molecule has 2 aromatic carbocycles. The SMILES string of the molecule is CCC[C@@H]1CC[C@@H]2CC(c3cc4cccc(F)c4c(F)c3C(F)(F)F)CCC2C1. The van der Waals surface area contributed by atoms with Crippen molar-refractivity contribution in [2.75, 3.05) is 0 Å². The second kappa shape index (κ2) is 7.88. The molecule has 4 rings (SSSR count). The highest BCUT2D eigenvalue weighted by atomic mass is 19.4. The average Bonchev–Trinajstić information content (AvgIpc) is 2.66. The molecule has 2 aliphatic carbocycles. The summed E-state index contributed by atoms with van der Waals surface area (Å²) in [6, 6.07) is 5.30. The lowest BCUT2D eigenvalue weighted by atomic mass is 9.63. The van der Waals surface area contributed by atoms with Crippen molar-refractivity contribution in [2.24, 2.45) is 17.8 Å². The van der Waals surface area contributed by atoms with Crippen molar-refractivity contribution in [1.82, 2.24) is 0 Å². The number of halogens is 5. The van der Waals surface area contributed by atoms with Crippen molar-refractivity contribution >= 4 is 10.8 Å². The predicted molar refractivity (Wildman–Crippen MR) is 105 cm³/mol. The third kappa shape index (κ3) is 3.89. The fourth-order valence-electron chi connectivity index (χ4n) is 5.93. The first-order valence-electron chi connectivity index (χ1n) is 10.8. The molecular weight excluding hydrogens is 383 g/mol. The van der Waals surface area contributed by atoms with Gasteiger partial charge < -0.3 is 0 Å². The summed E-state index contributed by atoms with van der Waals surface area (Å²) in [7, 11) is 0. The summed E-state index contributed by atoms with van der Waals surface area (Å²) in [5.74, 6) is -1.00. The molecule has 2 saturated carbocycles. The monoisotopic (exact) mass is 410 g/mol. The van der Waals surface area contributed by atoms with Gasteiger partial charge in [-0.2, -0.15) is 13.2 Å². The van der Waals surface area contributed by atoms with Crippen LogP contribution in [0.2, 0.25) is 0 Å². The molecule has 2 aromatic rings. The van der Waals surface area contributed by atoms with Crippen molar-refractivity contribution in [3.05, 3.63) is 47.0 Å². The Morgan fingerprint density at radius 3 is 2.41 bits per heavy atom. The number of benzene rings is 2. The van der Waals surface area contributed by atoms with Crippen LogP contribution in [0, 0.1) is 29.4 Å². The van der Waals surface area contributed by atoms with Crippen LogP contribution in [0.5, 0.6) is 0 Å². The molecule has 0 nitrogen and oxygen atoms in total. The van der Waals surface area contributed by atoms with Crippen LogP contribution in [0.1, 0.15) is 75.3 Å². The summed E-state index contributed by atoms with van der Waals surface area (Å²) in [4.78, 5) is 0. The zero-order chi connectivity index (χ0) is 20.8. The third-order valence-electron chi connectivity index (χ3n) is 7.23. The van der Waals surface area contributed by atoms with E-state index >= 15 is 0 Å². The van der Waals surface area contributed by atoms with Crippen LogP contribution in [0.4, 0.5) is 22.0 Å². The Bertz CT molecular complexity index is 885. The van der Waals surface area contributed by atoms with Crippen LogP contribution in [-0.2, 0) is 6.18 Å². The van der Waals surface area contributed by atoms with E-state index < -0.39 is 28.8 Å². The Morgan fingerprint density at radius 1 is 0.966 bits per heavy atom. The Hall–Kier alpha value is -1.65. The molecule has 29 heavy (non-hydrogen) atoms. The maximum absolute atomic E-state index is 15.0. The molecule has 0 radical (unpaired) electrons. The summed E-state index contributed by atoms with van der Waals surface area (Å²) in [5, 5.41) is -0.350. The molecule has 2 fully saturated rings. The minimum absolute atomic E-state index is 0.0160. The summed E-state index contributed by atoms with van der Waals surface area (Å²) in [5.41, 5.74) is -1.25. The molecule has 0 saturated heterocycles. The molecule has 2 unspecified atom stereocenters. The quantitative estimate of drug-likeness (QED) is 0.447. The molecule has 0 aliphatic heterocycles. The summed E-state index contributed by atoms with van der Waals surface area (Å²) < 4.78 is 70.5. The molecule has 0 bridgehead atoms. The van der Waals surface area contributed by atoms with E-state index in [0.717, 1.165) is 31.2 Å². The zero-order valence-corrected chi connectivity index (χ0v) is 16.7. The number of fused-ring (bicyclic) bond motifs is 2. The fourth-order valence-corrected chi connectivity index (χ4v) is 5.93. The molecule has 158 valence electrons. The standard InChI is InChI=1S/C24H27F5/c1-2-4-14-7-8-16-12-17(10-9-15(16)11-14)19-13-18-5-3-6-20(25)21(18)23(26)22(19)24(27,28)29/h3,5-6,13-17H,2,4,7-12H2,1H3/t14-,15?,16-,17?/m1/s1. The lowest BCUT2D eigenvalue weighted by Crippen LogP contribution is -2.31. The third-order valence-corrected chi connectivity index (χ3v) is 7.23. The maximum atomic E-state index is 15.0. The molecular formula is C24H27F5. The largest absolute Gasteiger partial charge is 0.419 e. The fraction of sp³-hybridized carbons (Fsp3) is 0.583. The van der Waals surface area contributed by atoms with Gasteiger partial charge in [-0.3, -0.25) is 0 Å². The van der Waals surface area contributed by atoms with Crippen LogP contribution in [-0.4, -0.2) is 0 Å². The highest BCUT2D eigenvalue weighted by Gasteiger charge is 2.42. The second-order valence-corrected chi connectivity index (χ2v) is 8.99. The maximum Gasteiger partial charge on any atom is 0.419 e. The molecule has 2 aliphatic rings. The smallest absolute Gasteiger partial charge is 0.206 e. The normalized spacial score (nSPS) is 27.8. The second-order valence-electron chi connectivity index (χ2n) is 8.99. The van der Waals surface area contributed by atoms with Crippen LogP contribution >= 0.6 is 0 Å². The number of rotatable bonds is 3. The first kappa shape index (κ1) is 20.6. The van der Waals surface area contributed by atoms with E-state index in [9.17, 15) is 22.0 Å². The summed E-state index contributed by atoms with van der Waals surface area (Å²) in [6.07, 6.45) is 3.15. The van der Waals surface area contributed by atoms with Crippen LogP contribution < -0.4 is 0 Å². The summed E-state index contributed by atoms with van der Waals surface area (Å²) >= 11 is 0. The van der Waals surface area contributed by atoms with Gasteiger partial charge in [-0.05, 0) is 78.9 Å². The number of hydrogen-bond acceptors (Lipinski definition) is 0. The van der Waals surface area contributed by atoms with E-state index in [1.54, 1.807) is 0 Å². The van der Waals surface area contributed by atoms with Gasteiger partial charge in [0.15, 0.2) is 0 Å². The Labute approximate surface area is 168 Å². The molecule has 5 heteroatoms. The molecule has 4 atom stereocenters. The first-order chi connectivity index (χ1) is 13.8. The molecule has 0 heterocycles. The van der Waals surface area contributed by atoms with Crippen LogP contribution in [0.3, 0.4) is 0 Å². The van der Waals surface area contributed by atoms with E-state index in [-0.39, 0.29) is 16.9 Å². The minimum atomic E-state index is -4.84. The van der Waals surface area contributed by atoms with Crippen molar-refractivity contribution in [2.45, 2.75) is 70.4 Å². The van der Waals surface area contributed by atoms with Crippen molar-refractivity contribution < 1.29 is 22.0 Å². The lowest BCUT2D eigenvalue weighted by Gasteiger charge is -2.43. The van der Waals surface area contributed by atoms with Gasteiger partial charge in [-0.25, -0.2) is 8.78 Å². The Kier molecular flexibility index (Phi) is 5.60. The van der Waals surface area contributed by atoms with E-state index in [0.29, 0.717) is 24.7 Å². The molecule has 0 spiro atoms. The van der Waals surface area contributed by atoms with Gasteiger partial charge in [0.2, 0.25) is 0 Å². The van der Waals surface area contributed by atoms with E-state index in [1.165, 1.54) is 37.5 Å². The predicted octanol–water partition coefficient (Wildman–Crippen LogP) is 8.24. The van der Waals surface area contributed by atoms with Gasteiger partial charge in [0.25, 0.3) is 0 Å². The summed E-state index contributed by atoms with van der Waals surface area (Å²) in [6.45, 7) is 2.19. The van der Waals surface area contributed by atoms with Gasteiger partial charge >= 0.3 is 6.18 Å². The van der Waals surface area contributed by atoms with Crippen molar-refractivity contribution in [1.29, 1.82) is 0 Å². The van der Waals surface area contributed by atoms with Crippen molar-refractivity contribution in [3.63, 3.8) is 0 Å². The van der Waals surface area contributed by atoms with Crippen LogP contribution in [0.25, 0.3) is 10.8 Å². The van der Waals surface area contributed by atoms with Gasteiger partial charge in [0.1, 0.15) is 11.6 Å². The lowest BCUT2D eigenvalue weighted by molar-refractivity contribution is -0.140. The van der Waals surface area contributed by atoms with Crippen LogP contribution in [0.15, 0.2) is 24.3 Å². The van der Waals surface area contributed by atoms with Gasteiger partial charge in [0.05, 0.1) is 10.9 Å². The van der Waals surface area contributed by atoms with Gasteiger partial charge in [-0.15, -0.1) is 0 Å². The average molecular weight is 410 g/mol. The number of alkyl halides is 3. The highest BCUT2D eigenvalue weighted by molar-refractivity contribution is 5.86. The minimum Gasteiger partial charge on any atom is -0.206 e. The molecule has 0 N–H and O–H groups in total. The Balaban J connectivity index is 1.69. The van der Waals surface area contributed by atoms with E-state index in [1.807, 2.05) is 0 Å². The molecule has 0 aromatic heterocycles. The first-order valence-corrected chi connectivity index (χ1v) is 10.8. The van der Waals surface area contributed by atoms with Gasteiger partial charge in [-0.1, -0.05) is 38.3 Å². The van der Waals surface area contributed by atoms with Gasteiger partial charge in [0, 0.05) is 0 Å². The topological polar surface area (TPSA) is 0 Å². The van der Waals surface area contributed by atoms with Crippen molar-refractivity contribution in [3.8, 4) is 0 Å². The van der Waals surface area contributed by atoms with E-state index in [4.69, 9.17) is 0 Å². The zero-order valence-electron chi connectivity index (χ0n) is 16.7. The Morgan fingerprint density at radius 2 is 1.69 bits per heavy atom. The number of hydrogen-bond donors (Lipinski definition) is 0.